The van der Waals surface area contributed by atoms with Crippen molar-refractivity contribution in [2.24, 2.45) is 0 Å². The van der Waals surface area contributed by atoms with Crippen LogP contribution < -0.4 is 0 Å². The van der Waals surface area contributed by atoms with Crippen LogP contribution in [0.3, 0.4) is 0 Å². The first kappa shape index (κ1) is 17.3. The first-order valence-corrected chi connectivity index (χ1v) is 9.59. The molecule has 5 nitrogen and oxygen atoms in total. The van der Waals surface area contributed by atoms with E-state index in [2.05, 4.69) is 23.9 Å². The highest BCUT2D eigenvalue weighted by molar-refractivity contribution is 5.92. The monoisotopic (exact) mass is 353 g/mol. The summed E-state index contributed by atoms with van der Waals surface area (Å²) in [4.78, 5) is 22.5. The summed E-state index contributed by atoms with van der Waals surface area (Å²) in [5.74, 6) is 0.524. The van der Waals surface area contributed by atoms with Crippen LogP contribution in [0.15, 0.2) is 6.07 Å². The zero-order chi connectivity index (χ0) is 18.4. The fraction of sp³-hybridized carbons (Fsp3) is 0.524. The molecule has 1 aliphatic heterocycles. The quantitative estimate of drug-likeness (QED) is 0.883. The van der Waals surface area contributed by atoms with E-state index in [1.807, 2.05) is 13.0 Å². The van der Waals surface area contributed by atoms with Crippen LogP contribution in [0.1, 0.15) is 63.6 Å². The molecule has 0 saturated heterocycles. The number of carboxylic acid groups (broad SMARTS) is 1. The molecule has 0 spiro atoms. The number of hydrogen-bond acceptors (Lipinski definition) is 3. The van der Waals surface area contributed by atoms with Crippen molar-refractivity contribution in [3.05, 3.63) is 39.7 Å². The third kappa shape index (κ3) is 2.84. The maximum atomic E-state index is 11.8. The number of imidazole rings is 1. The van der Waals surface area contributed by atoms with Gasteiger partial charge in [0.1, 0.15) is 5.82 Å². The lowest BCUT2D eigenvalue weighted by atomic mass is 9.74. The molecule has 0 radical (unpaired) electrons. The Kier molecular flexibility index (Phi) is 4.35. The number of H-pyrrole nitrogens is 1. The van der Waals surface area contributed by atoms with Gasteiger partial charge < -0.3 is 15.0 Å². The van der Waals surface area contributed by atoms with E-state index in [4.69, 9.17) is 4.98 Å². The molecule has 2 heterocycles. The number of benzene rings is 1. The lowest BCUT2D eigenvalue weighted by Crippen LogP contribution is -2.21. The van der Waals surface area contributed by atoms with Crippen LogP contribution >= 0.6 is 0 Å². The number of carboxylic acids is 1. The van der Waals surface area contributed by atoms with E-state index in [0.717, 1.165) is 54.1 Å². The molecule has 0 bridgehead atoms. The number of likely N-dealkylation sites (N-methyl/N-ethyl adjacent to an activating group) is 1. The van der Waals surface area contributed by atoms with E-state index in [0.29, 0.717) is 11.5 Å². The highest BCUT2D eigenvalue weighted by Gasteiger charge is 2.29. The highest BCUT2D eigenvalue weighted by atomic mass is 16.4. The number of nitrogens with one attached hydrogen (secondary N) is 1. The molecule has 5 heteroatoms. The predicted octanol–water partition coefficient (Wildman–Crippen LogP) is 3.69. The summed E-state index contributed by atoms with van der Waals surface area (Å²) in [7, 11) is 2.14. The molecule has 2 N–H and O–H groups in total. The minimum absolute atomic E-state index is 0.395. The van der Waals surface area contributed by atoms with Crippen molar-refractivity contribution in [1.29, 1.82) is 0 Å². The summed E-state index contributed by atoms with van der Waals surface area (Å²) in [6.45, 7) is 6.04. The first-order chi connectivity index (χ1) is 12.5. The summed E-state index contributed by atoms with van der Waals surface area (Å²) in [5, 5.41) is 9.65. The van der Waals surface area contributed by atoms with Gasteiger partial charge in [0, 0.05) is 37.2 Å². The summed E-state index contributed by atoms with van der Waals surface area (Å²) in [5.41, 5.74) is 7.05. The molecule has 0 amide bonds. The Morgan fingerprint density at radius 2 is 1.96 bits per heavy atom. The maximum absolute atomic E-state index is 11.8. The van der Waals surface area contributed by atoms with Gasteiger partial charge in [0.2, 0.25) is 0 Å². The molecule has 0 atom stereocenters. The topological polar surface area (TPSA) is 69.2 Å². The maximum Gasteiger partial charge on any atom is 0.335 e. The number of carbonyl (C=O) groups is 1. The van der Waals surface area contributed by atoms with Crippen LogP contribution in [0.5, 0.6) is 0 Å². The van der Waals surface area contributed by atoms with Crippen LogP contribution in [-0.4, -0.2) is 46.1 Å². The van der Waals surface area contributed by atoms with Crippen LogP contribution in [0.4, 0.5) is 0 Å². The molecule has 2 aromatic rings. The number of aromatic carboxylic acids is 1. The van der Waals surface area contributed by atoms with Gasteiger partial charge in [-0.15, -0.1) is 0 Å². The molecule has 1 aromatic heterocycles. The Balaban J connectivity index is 1.85. The second kappa shape index (κ2) is 6.54. The normalized spacial score (nSPS) is 18.3. The van der Waals surface area contributed by atoms with Crippen molar-refractivity contribution < 1.29 is 9.90 Å². The average molecular weight is 353 g/mol. The molecule has 1 fully saturated rings. The summed E-state index contributed by atoms with van der Waals surface area (Å²) < 4.78 is 0. The van der Waals surface area contributed by atoms with E-state index in [9.17, 15) is 9.90 Å². The number of aromatic amines is 1. The lowest BCUT2D eigenvalue weighted by molar-refractivity contribution is 0.0696. The zero-order valence-corrected chi connectivity index (χ0v) is 15.9. The highest BCUT2D eigenvalue weighted by Crippen LogP contribution is 2.44. The largest absolute Gasteiger partial charge is 0.478 e. The molecule has 0 unspecified atom stereocenters. The van der Waals surface area contributed by atoms with E-state index < -0.39 is 5.97 Å². The van der Waals surface area contributed by atoms with Crippen LogP contribution in [0, 0.1) is 13.8 Å². The fourth-order valence-electron chi connectivity index (χ4n) is 4.28. The summed E-state index contributed by atoms with van der Waals surface area (Å²) >= 11 is 0. The Labute approximate surface area is 154 Å². The minimum atomic E-state index is -0.859. The third-order valence-corrected chi connectivity index (χ3v) is 6.29. The Bertz CT molecular complexity index is 839. The number of aromatic nitrogens is 2. The van der Waals surface area contributed by atoms with Gasteiger partial charge in [-0.2, -0.15) is 0 Å². The smallest absolute Gasteiger partial charge is 0.335 e. The molecule has 2 aliphatic rings. The average Bonchev–Trinajstić information content (AvgIpc) is 2.88. The molecule has 1 aliphatic carbocycles. The van der Waals surface area contributed by atoms with Crippen molar-refractivity contribution in [2.45, 2.75) is 51.9 Å². The van der Waals surface area contributed by atoms with Gasteiger partial charge in [-0.1, -0.05) is 6.42 Å². The van der Waals surface area contributed by atoms with Crippen LogP contribution in [0.25, 0.3) is 11.4 Å². The zero-order valence-electron chi connectivity index (χ0n) is 15.9. The van der Waals surface area contributed by atoms with Gasteiger partial charge in [0.05, 0.1) is 11.3 Å². The number of fused-ring (bicyclic) bond motifs is 1. The van der Waals surface area contributed by atoms with Gasteiger partial charge in [0.15, 0.2) is 0 Å². The Morgan fingerprint density at radius 3 is 2.62 bits per heavy atom. The Morgan fingerprint density at radius 1 is 1.23 bits per heavy atom. The molecule has 26 heavy (non-hydrogen) atoms. The lowest BCUT2D eigenvalue weighted by Gasteiger charge is -2.30. The van der Waals surface area contributed by atoms with Gasteiger partial charge in [-0.25, -0.2) is 9.78 Å². The number of nitrogens with zero attached hydrogens (tertiary/aromatic N) is 2. The first-order valence-electron chi connectivity index (χ1n) is 9.59. The van der Waals surface area contributed by atoms with E-state index in [-0.39, 0.29) is 0 Å². The molecular formula is C21H27N3O2. The molecule has 138 valence electrons. The van der Waals surface area contributed by atoms with Crippen molar-refractivity contribution in [2.75, 3.05) is 20.1 Å². The SMILES string of the molecule is Cc1c(C(=O)O)cc(-c2nc3c([nH]2)CCN(C)CC3)c(C2CCC2)c1C. The predicted molar refractivity (Wildman–Crippen MR) is 102 cm³/mol. The van der Waals surface area contributed by atoms with Gasteiger partial charge in [0.25, 0.3) is 0 Å². The summed E-state index contributed by atoms with van der Waals surface area (Å²) in [6, 6.07) is 1.85. The molecular weight excluding hydrogens is 326 g/mol. The molecule has 1 saturated carbocycles. The van der Waals surface area contributed by atoms with Gasteiger partial charge in [-0.05, 0) is 62.4 Å². The van der Waals surface area contributed by atoms with E-state index in [1.54, 1.807) is 0 Å². The second-order valence-electron chi connectivity index (χ2n) is 7.88. The van der Waals surface area contributed by atoms with Crippen molar-refractivity contribution >= 4 is 5.97 Å². The number of hydrogen-bond donors (Lipinski definition) is 2. The van der Waals surface area contributed by atoms with Crippen molar-refractivity contribution in [3.63, 3.8) is 0 Å². The van der Waals surface area contributed by atoms with E-state index >= 15 is 0 Å². The standard InChI is InChI=1S/C21H27N3O2/c1-12-13(2)19(14-5-4-6-14)16(11-15(12)21(25)26)20-22-17-7-9-24(3)10-8-18(17)23-20/h11,14H,4-10H2,1-3H3,(H,22,23)(H,25,26). The number of rotatable bonds is 3. The summed E-state index contributed by atoms with van der Waals surface area (Å²) in [6.07, 6.45) is 5.53. The van der Waals surface area contributed by atoms with Gasteiger partial charge in [-0.3, -0.25) is 0 Å². The van der Waals surface area contributed by atoms with Crippen LogP contribution in [-0.2, 0) is 12.8 Å². The van der Waals surface area contributed by atoms with Gasteiger partial charge >= 0.3 is 5.97 Å². The molecule has 1 aromatic carbocycles. The Hall–Kier alpha value is -2.14. The fourth-order valence-corrected chi connectivity index (χ4v) is 4.28. The van der Waals surface area contributed by atoms with Crippen molar-refractivity contribution in [1.82, 2.24) is 14.9 Å². The minimum Gasteiger partial charge on any atom is -0.478 e. The second-order valence-corrected chi connectivity index (χ2v) is 7.88. The molecule has 4 rings (SSSR count). The third-order valence-electron chi connectivity index (χ3n) is 6.29. The van der Waals surface area contributed by atoms with Crippen molar-refractivity contribution in [3.8, 4) is 11.4 Å². The van der Waals surface area contributed by atoms with E-state index in [1.165, 1.54) is 30.5 Å². The van der Waals surface area contributed by atoms with Crippen LogP contribution in [0.2, 0.25) is 0 Å².